The molecular formula is C26H24N4O2S. The van der Waals surface area contributed by atoms with Gasteiger partial charge in [0.05, 0.1) is 27.6 Å². The van der Waals surface area contributed by atoms with E-state index in [1.54, 1.807) is 20.9 Å². The van der Waals surface area contributed by atoms with Crippen LogP contribution in [-0.4, -0.2) is 24.9 Å². The van der Waals surface area contributed by atoms with Gasteiger partial charge in [-0.2, -0.15) is 0 Å². The minimum absolute atomic E-state index is 0.0686. The standard InChI is InChI=1S/C26H24N4O2S/c1-17-14-18(2)16-19(15-17)30-24(31)20-8-3-4-9-21(20)28-26(30)33-13-7-12-29-23-11-6-5-10-22(23)27-25(29)32/h3-6,8-11,14-16H,7,12-13H2,1-2H3,(H,27,32). The van der Waals surface area contributed by atoms with Crippen molar-refractivity contribution in [1.82, 2.24) is 19.1 Å². The van der Waals surface area contributed by atoms with Crippen LogP contribution in [0, 0.1) is 13.8 Å². The average Bonchev–Trinajstić information content (AvgIpc) is 3.11. The van der Waals surface area contributed by atoms with Crippen molar-refractivity contribution < 1.29 is 0 Å². The molecule has 1 N–H and O–H groups in total. The molecule has 0 aliphatic carbocycles. The number of para-hydroxylation sites is 3. The van der Waals surface area contributed by atoms with Gasteiger partial charge in [-0.25, -0.2) is 9.78 Å². The predicted molar refractivity (Wildman–Crippen MR) is 135 cm³/mol. The molecule has 0 spiro atoms. The fourth-order valence-electron chi connectivity index (χ4n) is 4.23. The second kappa shape index (κ2) is 8.75. The van der Waals surface area contributed by atoms with Crippen LogP contribution < -0.4 is 11.2 Å². The number of thioether (sulfide) groups is 1. The molecular weight excluding hydrogens is 432 g/mol. The zero-order valence-electron chi connectivity index (χ0n) is 18.5. The maximum atomic E-state index is 13.4. The highest BCUT2D eigenvalue weighted by atomic mass is 32.2. The quantitative estimate of drug-likeness (QED) is 0.226. The predicted octanol–water partition coefficient (Wildman–Crippen LogP) is 4.83. The van der Waals surface area contributed by atoms with E-state index in [9.17, 15) is 9.59 Å². The van der Waals surface area contributed by atoms with Crippen molar-refractivity contribution in [1.29, 1.82) is 0 Å². The normalized spacial score (nSPS) is 11.5. The van der Waals surface area contributed by atoms with Crippen LogP contribution in [0.25, 0.3) is 27.6 Å². The topological polar surface area (TPSA) is 72.7 Å². The number of benzene rings is 3. The van der Waals surface area contributed by atoms with Crippen LogP contribution in [0.1, 0.15) is 17.5 Å². The summed E-state index contributed by atoms with van der Waals surface area (Å²) in [5, 5.41) is 1.27. The molecule has 6 nitrogen and oxygen atoms in total. The molecule has 0 amide bonds. The van der Waals surface area contributed by atoms with Crippen LogP contribution in [-0.2, 0) is 6.54 Å². The number of hydrogen-bond acceptors (Lipinski definition) is 4. The van der Waals surface area contributed by atoms with Crippen LogP contribution in [0.4, 0.5) is 0 Å². The number of H-pyrrole nitrogens is 1. The summed E-state index contributed by atoms with van der Waals surface area (Å²) in [6.45, 7) is 4.65. The van der Waals surface area contributed by atoms with Crippen molar-refractivity contribution in [3.8, 4) is 5.69 Å². The molecule has 0 bridgehead atoms. The van der Waals surface area contributed by atoms with E-state index >= 15 is 0 Å². The first-order valence-corrected chi connectivity index (χ1v) is 11.9. The van der Waals surface area contributed by atoms with Gasteiger partial charge in [-0.05, 0) is 67.8 Å². The number of nitrogens with one attached hydrogen (secondary N) is 1. The Kier molecular flexibility index (Phi) is 5.64. The van der Waals surface area contributed by atoms with Crippen molar-refractivity contribution in [2.24, 2.45) is 0 Å². The van der Waals surface area contributed by atoms with E-state index < -0.39 is 0 Å². The molecule has 5 aromatic rings. The number of aromatic nitrogens is 4. The van der Waals surface area contributed by atoms with Crippen molar-refractivity contribution in [3.05, 3.63) is 98.7 Å². The molecule has 0 aliphatic rings. The Bertz CT molecular complexity index is 1580. The van der Waals surface area contributed by atoms with Gasteiger partial charge in [-0.1, -0.05) is 42.1 Å². The SMILES string of the molecule is Cc1cc(C)cc(-n2c(SCCCn3c(=O)[nH]c4ccccc43)nc3ccccc3c2=O)c1. The molecule has 0 saturated heterocycles. The fourth-order valence-corrected chi connectivity index (χ4v) is 5.17. The molecule has 33 heavy (non-hydrogen) atoms. The zero-order chi connectivity index (χ0) is 22.9. The highest BCUT2D eigenvalue weighted by molar-refractivity contribution is 7.99. The second-order valence-corrected chi connectivity index (χ2v) is 9.26. The van der Waals surface area contributed by atoms with Crippen LogP contribution in [0.15, 0.2) is 81.5 Å². The Morgan fingerprint density at radius 2 is 1.67 bits per heavy atom. The lowest BCUT2D eigenvalue weighted by Crippen LogP contribution is -2.22. The zero-order valence-corrected chi connectivity index (χ0v) is 19.4. The third kappa shape index (κ3) is 4.12. The summed E-state index contributed by atoms with van der Waals surface area (Å²) in [4.78, 5) is 33.5. The molecule has 0 saturated carbocycles. The summed E-state index contributed by atoms with van der Waals surface area (Å²) >= 11 is 1.54. The summed E-state index contributed by atoms with van der Waals surface area (Å²) < 4.78 is 3.48. The van der Waals surface area contributed by atoms with Crippen LogP contribution in [0.5, 0.6) is 0 Å². The summed E-state index contributed by atoms with van der Waals surface area (Å²) in [7, 11) is 0. The Labute approximate surface area is 194 Å². The lowest BCUT2D eigenvalue weighted by atomic mass is 10.1. The third-order valence-electron chi connectivity index (χ3n) is 5.65. The minimum atomic E-state index is -0.0998. The molecule has 2 aromatic heterocycles. The maximum absolute atomic E-state index is 13.4. The van der Waals surface area contributed by atoms with Crippen molar-refractivity contribution in [3.63, 3.8) is 0 Å². The summed E-state index contributed by atoms with van der Waals surface area (Å²) in [5.41, 5.74) is 5.29. The van der Waals surface area contributed by atoms with Gasteiger partial charge in [0.25, 0.3) is 5.56 Å². The van der Waals surface area contributed by atoms with Gasteiger partial charge in [0.1, 0.15) is 0 Å². The van der Waals surface area contributed by atoms with Crippen LogP contribution in [0.2, 0.25) is 0 Å². The Morgan fingerprint density at radius 1 is 0.939 bits per heavy atom. The Hall–Kier alpha value is -3.58. The van der Waals surface area contributed by atoms with Crippen LogP contribution >= 0.6 is 11.8 Å². The number of fused-ring (bicyclic) bond motifs is 2. The highest BCUT2D eigenvalue weighted by Gasteiger charge is 2.14. The lowest BCUT2D eigenvalue weighted by Gasteiger charge is -2.14. The molecule has 0 unspecified atom stereocenters. The van der Waals surface area contributed by atoms with Crippen molar-refractivity contribution >= 4 is 33.7 Å². The summed E-state index contributed by atoms with van der Waals surface area (Å²) in [6.07, 6.45) is 0.766. The number of imidazole rings is 1. The number of hydrogen-bond donors (Lipinski definition) is 1. The third-order valence-corrected chi connectivity index (χ3v) is 6.67. The largest absolute Gasteiger partial charge is 0.326 e. The molecule has 3 aromatic carbocycles. The highest BCUT2D eigenvalue weighted by Crippen LogP contribution is 2.23. The Balaban J connectivity index is 1.46. The van der Waals surface area contributed by atoms with E-state index in [1.165, 1.54) is 0 Å². The smallest absolute Gasteiger partial charge is 0.306 e. The van der Waals surface area contributed by atoms with Gasteiger partial charge in [0, 0.05) is 12.3 Å². The van der Waals surface area contributed by atoms with Gasteiger partial charge in [-0.15, -0.1) is 0 Å². The fraction of sp³-hybridized carbons (Fsp3) is 0.192. The van der Waals surface area contributed by atoms with E-state index in [0.717, 1.165) is 40.0 Å². The molecule has 7 heteroatoms. The lowest BCUT2D eigenvalue weighted by molar-refractivity contribution is 0.678. The van der Waals surface area contributed by atoms with Gasteiger partial charge < -0.3 is 4.98 Å². The number of aryl methyl sites for hydroxylation is 3. The van der Waals surface area contributed by atoms with E-state index in [-0.39, 0.29) is 11.2 Å². The average molecular weight is 457 g/mol. The first-order chi connectivity index (χ1) is 16.0. The maximum Gasteiger partial charge on any atom is 0.326 e. The molecule has 2 heterocycles. The molecule has 0 fully saturated rings. The Morgan fingerprint density at radius 3 is 2.48 bits per heavy atom. The molecule has 0 radical (unpaired) electrons. The van der Waals surface area contributed by atoms with E-state index in [0.29, 0.717) is 22.6 Å². The molecule has 0 atom stereocenters. The minimum Gasteiger partial charge on any atom is -0.306 e. The number of aromatic amines is 1. The molecule has 166 valence electrons. The summed E-state index contributed by atoms with van der Waals surface area (Å²) in [5.74, 6) is 0.724. The van der Waals surface area contributed by atoms with E-state index in [2.05, 4.69) is 11.1 Å². The summed E-state index contributed by atoms with van der Waals surface area (Å²) in [6, 6.07) is 21.3. The van der Waals surface area contributed by atoms with E-state index in [4.69, 9.17) is 4.98 Å². The number of rotatable bonds is 6. The van der Waals surface area contributed by atoms with Gasteiger partial charge >= 0.3 is 5.69 Å². The van der Waals surface area contributed by atoms with Crippen molar-refractivity contribution in [2.45, 2.75) is 32.0 Å². The van der Waals surface area contributed by atoms with Gasteiger partial charge in [0.2, 0.25) is 0 Å². The number of nitrogens with zero attached hydrogens (tertiary/aromatic N) is 3. The van der Waals surface area contributed by atoms with Crippen LogP contribution in [0.3, 0.4) is 0 Å². The van der Waals surface area contributed by atoms with Gasteiger partial charge in [-0.3, -0.25) is 13.9 Å². The van der Waals surface area contributed by atoms with Crippen molar-refractivity contribution in [2.75, 3.05) is 5.75 Å². The first kappa shape index (κ1) is 21.3. The first-order valence-electron chi connectivity index (χ1n) is 10.9. The molecule has 5 rings (SSSR count). The van der Waals surface area contributed by atoms with E-state index in [1.807, 2.05) is 74.5 Å². The monoisotopic (exact) mass is 456 g/mol. The molecule has 0 aliphatic heterocycles. The van der Waals surface area contributed by atoms with Gasteiger partial charge in [0.15, 0.2) is 5.16 Å². The second-order valence-electron chi connectivity index (χ2n) is 8.20.